The number of benzene rings is 7. The smallest absolute Gasteiger partial charge is 0.0631 e. The summed E-state index contributed by atoms with van der Waals surface area (Å²) in [5.74, 6) is 0. The van der Waals surface area contributed by atoms with Gasteiger partial charge in [0.05, 0.1) is 34.1 Å². The van der Waals surface area contributed by atoms with Crippen molar-refractivity contribution in [3.8, 4) is 0 Å². The number of para-hydroxylation sites is 1. The Bertz CT molecular complexity index is 2460. The van der Waals surface area contributed by atoms with Gasteiger partial charge in [-0.25, -0.2) is 0 Å². The van der Waals surface area contributed by atoms with Crippen LogP contribution in [0.25, 0.3) is 0 Å². The number of hydrogen-bond acceptors (Lipinski definition) is 6. The van der Waals surface area contributed by atoms with Crippen LogP contribution in [0.2, 0.25) is 0 Å². The highest BCUT2D eigenvalue weighted by Crippen LogP contribution is 2.21. The van der Waals surface area contributed by atoms with E-state index in [0.717, 1.165) is 67.5 Å². The van der Waals surface area contributed by atoms with E-state index < -0.39 is 0 Å². The number of aliphatic imine (C=N–C) groups is 6. The molecule has 0 bridgehead atoms. The molecule has 264 valence electrons. The Labute approximate surface area is 322 Å². The minimum atomic E-state index is 0.858. The molecule has 0 N–H and O–H groups in total. The van der Waals surface area contributed by atoms with Crippen LogP contribution in [0.5, 0.6) is 0 Å². The monoisotopic (exact) mass is 710 g/mol. The number of nitrogens with zero attached hydrogens (tertiary/aromatic N) is 6. The van der Waals surface area contributed by atoms with E-state index in [2.05, 4.69) is 49.0 Å². The van der Waals surface area contributed by atoms with Gasteiger partial charge in [0.2, 0.25) is 0 Å². The third-order valence-electron chi connectivity index (χ3n) is 8.48. The standard InChI is InChI=1S/C49H38N6/c1-37-7-21-45(22-8-37)51-32-39-13-15-41(16-14-39)34-53-47-27-29-49(30-28-47)55-36-43-19-17-42(18-20-43)35-54-48-25-23-46(24-26-48)52-33-40-11-9-38(10-12-40)31-50-44-5-3-2-4-6-44/h2-36H,1H3. The normalized spacial score (nSPS) is 12.0. The summed E-state index contributed by atoms with van der Waals surface area (Å²) in [4.78, 5) is 27.6. The molecule has 0 saturated heterocycles. The average Bonchev–Trinajstić information content (AvgIpc) is 3.25. The SMILES string of the molecule is Cc1ccc(N=Cc2ccc(C=Nc3ccc(N=Cc4ccc(C=Nc5ccc(N=Cc6ccc(C=Nc7ccccc7)cc6)cc5)cc4)cc3)cc2)cc1. The van der Waals surface area contributed by atoms with Crippen LogP contribution in [-0.4, -0.2) is 37.3 Å². The molecule has 0 aliphatic carbocycles. The van der Waals surface area contributed by atoms with E-state index in [-0.39, 0.29) is 0 Å². The van der Waals surface area contributed by atoms with Crippen molar-refractivity contribution >= 4 is 71.4 Å². The molecule has 0 aliphatic heterocycles. The summed E-state index contributed by atoms with van der Waals surface area (Å²) in [7, 11) is 0. The zero-order valence-corrected chi connectivity index (χ0v) is 30.4. The van der Waals surface area contributed by atoms with Crippen LogP contribution in [0.4, 0.5) is 34.1 Å². The molecular formula is C49H38N6. The predicted molar refractivity (Wildman–Crippen MR) is 233 cm³/mol. The van der Waals surface area contributed by atoms with Gasteiger partial charge in [-0.15, -0.1) is 0 Å². The summed E-state index contributed by atoms with van der Waals surface area (Å²) < 4.78 is 0. The fourth-order valence-electron chi connectivity index (χ4n) is 5.29. The van der Waals surface area contributed by atoms with Crippen LogP contribution < -0.4 is 0 Å². The molecule has 6 heteroatoms. The first kappa shape index (κ1) is 35.9. The largest absolute Gasteiger partial charge is 0.256 e. The maximum atomic E-state index is 4.64. The lowest BCUT2D eigenvalue weighted by molar-refractivity contribution is 1.44. The van der Waals surface area contributed by atoms with E-state index in [0.29, 0.717) is 0 Å². The van der Waals surface area contributed by atoms with Crippen LogP contribution in [0.3, 0.4) is 0 Å². The Kier molecular flexibility index (Phi) is 12.0. The number of aryl methyl sites for hydroxylation is 1. The summed E-state index contributed by atoms with van der Waals surface area (Å²) >= 11 is 0. The molecule has 6 nitrogen and oxygen atoms in total. The zero-order valence-electron chi connectivity index (χ0n) is 30.4. The molecule has 0 atom stereocenters. The molecule has 55 heavy (non-hydrogen) atoms. The van der Waals surface area contributed by atoms with Crippen LogP contribution in [0, 0.1) is 6.92 Å². The summed E-state index contributed by atoms with van der Waals surface area (Å²) in [6, 6.07) is 58.2. The van der Waals surface area contributed by atoms with Gasteiger partial charge in [0, 0.05) is 37.3 Å². The fourth-order valence-corrected chi connectivity index (χ4v) is 5.29. The molecule has 7 aromatic carbocycles. The highest BCUT2D eigenvalue weighted by Gasteiger charge is 1.97. The lowest BCUT2D eigenvalue weighted by Crippen LogP contribution is -1.85. The number of rotatable bonds is 12. The van der Waals surface area contributed by atoms with Crippen LogP contribution in [0.15, 0.2) is 206 Å². The van der Waals surface area contributed by atoms with E-state index in [1.165, 1.54) is 5.56 Å². The van der Waals surface area contributed by atoms with Gasteiger partial charge in [-0.05, 0) is 113 Å². The topological polar surface area (TPSA) is 74.2 Å². The highest BCUT2D eigenvalue weighted by molar-refractivity contribution is 5.88. The number of hydrogen-bond donors (Lipinski definition) is 0. The molecule has 0 aliphatic rings. The van der Waals surface area contributed by atoms with Crippen LogP contribution >= 0.6 is 0 Å². The first-order valence-corrected chi connectivity index (χ1v) is 18.0. The van der Waals surface area contributed by atoms with Crippen molar-refractivity contribution in [2.75, 3.05) is 0 Å². The third kappa shape index (κ3) is 11.3. The second kappa shape index (κ2) is 18.4. The Morgan fingerprint density at radius 2 is 0.436 bits per heavy atom. The van der Waals surface area contributed by atoms with Crippen molar-refractivity contribution in [2.45, 2.75) is 6.92 Å². The first-order chi connectivity index (χ1) is 27.1. The van der Waals surface area contributed by atoms with Crippen molar-refractivity contribution in [3.05, 3.63) is 215 Å². The molecule has 7 rings (SSSR count). The second-order valence-electron chi connectivity index (χ2n) is 12.8. The maximum Gasteiger partial charge on any atom is 0.0631 e. The molecule has 0 unspecified atom stereocenters. The minimum Gasteiger partial charge on any atom is -0.256 e. The predicted octanol–water partition coefficient (Wildman–Crippen LogP) is 12.5. The molecule has 7 aromatic rings. The van der Waals surface area contributed by atoms with E-state index in [9.17, 15) is 0 Å². The molecule has 0 radical (unpaired) electrons. The van der Waals surface area contributed by atoms with Gasteiger partial charge in [-0.3, -0.25) is 30.0 Å². The van der Waals surface area contributed by atoms with Gasteiger partial charge in [-0.2, -0.15) is 0 Å². The summed E-state index contributed by atoms with van der Waals surface area (Å²) in [6.45, 7) is 2.07. The van der Waals surface area contributed by atoms with Crippen LogP contribution in [0.1, 0.15) is 38.9 Å². The second-order valence-corrected chi connectivity index (χ2v) is 12.8. The Balaban J connectivity index is 0.863. The van der Waals surface area contributed by atoms with Gasteiger partial charge in [0.15, 0.2) is 0 Å². The molecule has 0 amide bonds. The van der Waals surface area contributed by atoms with Gasteiger partial charge in [-0.1, -0.05) is 109 Å². The molecule has 0 saturated carbocycles. The summed E-state index contributed by atoms with van der Waals surface area (Å²) in [5.41, 5.74) is 12.7. The van der Waals surface area contributed by atoms with Crippen molar-refractivity contribution in [1.29, 1.82) is 0 Å². The third-order valence-corrected chi connectivity index (χ3v) is 8.48. The van der Waals surface area contributed by atoms with Gasteiger partial charge < -0.3 is 0 Å². The van der Waals surface area contributed by atoms with Crippen LogP contribution in [-0.2, 0) is 0 Å². The zero-order chi connectivity index (χ0) is 37.5. The van der Waals surface area contributed by atoms with Crippen molar-refractivity contribution in [3.63, 3.8) is 0 Å². The molecule has 0 spiro atoms. The average molecular weight is 711 g/mol. The molecule has 0 fully saturated rings. The molecule has 0 aromatic heterocycles. The van der Waals surface area contributed by atoms with Gasteiger partial charge >= 0.3 is 0 Å². The molecular weight excluding hydrogens is 673 g/mol. The van der Waals surface area contributed by atoms with E-state index in [1.807, 2.05) is 201 Å². The maximum absolute atomic E-state index is 4.64. The summed E-state index contributed by atoms with van der Waals surface area (Å²) in [6.07, 6.45) is 11.2. The summed E-state index contributed by atoms with van der Waals surface area (Å²) in [5, 5.41) is 0. The van der Waals surface area contributed by atoms with Gasteiger partial charge in [0.1, 0.15) is 0 Å². The Morgan fingerprint density at radius 3 is 0.673 bits per heavy atom. The Hall–Kier alpha value is -7.44. The van der Waals surface area contributed by atoms with E-state index >= 15 is 0 Å². The molecule has 0 heterocycles. The minimum absolute atomic E-state index is 0.858. The Morgan fingerprint density at radius 1 is 0.236 bits per heavy atom. The van der Waals surface area contributed by atoms with Crippen molar-refractivity contribution in [2.24, 2.45) is 30.0 Å². The lowest BCUT2D eigenvalue weighted by Gasteiger charge is -1.99. The van der Waals surface area contributed by atoms with E-state index in [1.54, 1.807) is 0 Å². The lowest BCUT2D eigenvalue weighted by atomic mass is 10.1. The van der Waals surface area contributed by atoms with Crippen molar-refractivity contribution < 1.29 is 0 Å². The highest BCUT2D eigenvalue weighted by atomic mass is 14.7. The first-order valence-electron chi connectivity index (χ1n) is 18.0. The van der Waals surface area contributed by atoms with E-state index in [4.69, 9.17) is 0 Å². The fraction of sp³-hybridized carbons (Fsp3) is 0.0204. The van der Waals surface area contributed by atoms with Gasteiger partial charge in [0.25, 0.3) is 0 Å². The van der Waals surface area contributed by atoms with Crippen molar-refractivity contribution in [1.82, 2.24) is 0 Å². The quantitative estimate of drug-likeness (QED) is 0.113.